The molecule has 2 heterocycles. The number of nitrogens with one attached hydrogen (secondary N) is 1. The van der Waals surface area contributed by atoms with Crippen LogP contribution < -0.4 is 5.32 Å². The van der Waals surface area contributed by atoms with Crippen LogP contribution in [-0.2, 0) is 27.4 Å². The van der Waals surface area contributed by atoms with Gasteiger partial charge in [-0.2, -0.15) is 0 Å². The van der Waals surface area contributed by atoms with Gasteiger partial charge in [-0.15, -0.1) is 0 Å². The van der Waals surface area contributed by atoms with Gasteiger partial charge in [0.2, 0.25) is 0 Å². The Kier molecular flexibility index (Phi) is 7.93. The SMILES string of the molecule is CCNC(=NCc1ccccc1COCC)N1CCOC(C2CCCO2)C1. The Morgan fingerprint density at radius 2 is 2.00 bits per heavy atom. The van der Waals surface area contributed by atoms with Gasteiger partial charge < -0.3 is 24.4 Å². The van der Waals surface area contributed by atoms with Crippen molar-refractivity contribution in [3.8, 4) is 0 Å². The second-order valence-corrected chi connectivity index (χ2v) is 6.98. The van der Waals surface area contributed by atoms with E-state index >= 15 is 0 Å². The average molecular weight is 376 g/mol. The number of morpholine rings is 1. The van der Waals surface area contributed by atoms with Crippen molar-refractivity contribution in [1.29, 1.82) is 0 Å². The first-order chi connectivity index (χ1) is 13.3. The minimum absolute atomic E-state index is 0.135. The summed E-state index contributed by atoms with van der Waals surface area (Å²) in [6.07, 6.45) is 2.59. The number of guanidine groups is 1. The van der Waals surface area contributed by atoms with Gasteiger partial charge in [-0.05, 0) is 37.8 Å². The summed E-state index contributed by atoms with van der Waals surface area (Å²) in [5.74, 6) is 0.954. The van der Waals surface area contributed by atoms with E-state index in [2.05, 4.69) is 41.4 Å². The molecule has 0 aliphatic carbocycles. The lowest BCUT2D eigenvalue weighted by Crippen LogP contribution is -2.53. The second kappa shape index (κ2) is 10.6. The first-order valence-corrected chi connectivity index (χ1v) is 10.2. The molecule has 0 aromatic heterocycles. The third kappa shape index (κ3) is 5.67. The summed E-state index contributed by atoms with van der Waals surface area (Å²) in [5, 5.41) is 3.44. The van der Waals surface area contributed by atoms with Crippen molar-refractivity contribution >= 4 is 5.96 Å². The predicted octanol–water partition coefficient (Wildman–Crippen LogP) is 2.57. The Bertz CT molecular complexity index is 602. The molecule has 150 valence electrons. The van der Waals surface area contributed by atoms with Crippen LogP contribution in [0.5, 0.6) is 0 Å². The van der Waals surface area contributed by atoms with Crippen molar-refractivity contribution in [2.75, 3.05) is 39.5 Å². The largest absolute Gasteiger partial charge is 0.377 e. The number of aliphatic imine (C=N–C) groups is 1. The van der Waals surface area contributed by atoms with Crippen molar-refractivity contribution in [2.45, 2.75) is 52.0 Å². The van der Waals surface area contributed by atoms with Gasteiger partial charge in [0.15, 0.2) is 5.96 Å². The molecule has 0 bridgehead atoms. The topological polar surface area (TPSA) is 55.3 Å². The molecule has 1 N–H and O–H groups in total. The van der Waals surface area contributed by atoms with Gasteiger partial charge in [-0.25, -0.2) is 4.99 Å². The highest BCUT2D eigenvalue weighted by molar-refractivity contribution is 5.80. The van der Waals surface area contributed by atoms with E-state index in [1.807, 2.05) is 6.92 Å². The van der Waals surface area contributed by atoms with Crippen molar-refractivity contribution in [2.24, 2.45) is 4.99 Å². The molecular formula is C21H33N3O3. The number of hydrogen-bond acceptors (Lipinski definition) is 4. The maximum Gasteiger partial charge on any atom is 0.194 e. The van der Waals surface area contributed by atoms with E-state index in [1.54, 1.807) is 0 Å². The Morgan fingerprint density at radius 1 is 1.19 bits per heavy atom. The van der Waals surface area contributed by atoms with E-state index in [4.69, 9.17) is 19.2 Å². The molecule has 6 heteroatoms. The molecule has 27 heavy (non-hydrogen) atoms. The molecule has 2 aliphatic rings. The first-order valence-electron chi connectivity index (χ1n) is 10.2. The third-order valence-electron chi connectivity index (χ3n) is 5.09. The molecule has 2 atom stereocenters. The van der Waals surface area contributed by atoms with Crippen LogP contribution in [0.4, 0.5) is 0 Å². The molecule has 2 saturated heterocycles. The standard InChI is InChI=1S/C21H33N3O3/c1-3-22-21(23-14-17-8-5-6-9-18(17)16-25-4-2)24-11-13-27-20(15-24)19-10-7-12-26-19/h5-6,8-9,19-20H,3-4,7,10-16H2,1-2H3,(H,22,23). The van der Waals surface area contributed by atoms with Gasteiger partial charge in [-0.1, -0.05) is 24.3 Å². The van der Waals surface area contributed by atoms with E-state index in [9.17, 15) is 0 Å². The van der Waals surface area contributed by atoms with Gasteiger partial charge in [0, 0.05) is 32.8 Å². The van der Waals surface area contributed by atoms with E-state index < -0.39 is 0 Å². The average Bonchev–Trinajstić information content (AvgIpc) is 3.25. The van der Waals surface area contributed by atoms with Crippen LogP contribution in [0.15, 0.2) is 29.3 Å². The summed E-state index contributed by atoms with van der Waals surface area (Å²) >= 11 is 0. The number of hydrogen-bond donors (Lipinski definition) is 1. The van der Waals surface area contributed by atoms with Gasteiger partial charge in [-0.3, -0.25) is 0 Å². The smallest absolute Gasteiger partial charge is 0.194 e. The first kappa shape index (κ1) is 20.1. The molecule has 0 spiro atoms. The van der Waals surface area contributed by atoms with Crippen LogP contribution in [0.25, 0.3) is 0 Å². The van der Waals surface area contributed by atoms with Crippen molar-refractivity contribution in [3.05, 3.63) is 35.4 Å². The fraction of sp³-hybridized carbons (Fsp3) is 0.667. The molecule has 0 amide bonds. The highest BCUT2D eigenvalue weighted by Gasteiger charge is 2.32. The molecule has 0 saturated carbocycles. The second-order valence-electron chi connectivity index (χ2n) is 6.98. The lowest BCUT2D eigenvalue weighted by Gasteiger charge is -2.37. The zero-order chi connectivity index (χ0) is 18.9. The molecule has 1 aromatic carbocycles. The van der Waals surface area contributed by atoms with Crippen molar-refractivity contribution in [3.63, 3.8) is 0 Å². The van der Waals surface area contributed by atoms with Gasteiger partial charge in [0.05, 0.1) is 25.9 Å². The number of rotatable bonds is 7. The minimum Gasteiger partial charge on any atom is -0.377 e. The highest BCUT2D eigenvalue weighted by atomic mass is 16.5. The number of nitrogens with zero attached hydrogens (tertiary/aromatic N) is 2. The Hall–Kier alpha value is -1.63. The van der Waals surface area contributed by atoms with E-state index in [0.717, 1.165) is 58.3 Å². The lowest BCUT2D eigenvalue weighted by molar-refractivity contribution is -0.0817. The zero-order valence-corrected chi connectivity index (χ0v) is 16.7. The molecule has 0 radical (unpaired) electrons. The monoisotopic (exact) mass is 375 g/mol. The molecule has 2 aliphatic heterocycles. The minimum atomic E-state index is 0.135. The van der Waals surface area contributed by atoms with Gasteiger partial charge >= 0.3 is 0 Å². The van der Waals surface area contributed by atoms with Gasteiger partial charge in [0.25, 0.3) is 0 Å². The molecule has 6 nitrogen and oxygen atoms in total. The van der Waals surface area contributed by atoms with E-state index in [-0.39, 0.29) is 12.2 Å². The van der Waals surface area contributed by atoms with Crippen LogP contribution in [0.2, 0.25) is 0 Å². The number of ether oxygens (including phenoxy) is 3. The fourth-order valence-corrected chi connectivity index (χ4v) is 3.64. The third-order valence-corrected chi connectivity index (χ3v) is 5.09. The Labute approximate surface area is 162 Å². The van der Waals surface area contributed by atoms with Crippen LogP contribution in [0.3, 0.4) is 0 Å². The summed E-state index contributed by atoms with van der Waals surface area (Å²) in [5.41, 5.74) is 2.42. The summed E-state index contributed by atoms with van der Waals surface area (Å²) < 4.78 is 17.4. The molecule has 2 fully saturated rings. The van der Waals surface area contributed by atoms with Gasteiger partial charge in [0.1, 0.15) is 6.10 Å². The lowest BCUT2D eigenvalue weighted by atomic mass is 10.1. The van der Waals surface area contributed by atoms with Crippen molar-refractivity contribution in [1.82, 2.24) is 10.2 Å². The highest BCUT2D eigenvalue weighted by Crippen LogP contribution is 2.21. The Balaban J connectivity index is 1.67. The summed E-state index contributed by atoms with van der Waals surface area (Å²) in [7, 11) is 0. The maximum atomic E-state index is 5.98. The van der Waals surface area contributed by atoms with Crippen molar-refractivity contribution < 1.29 is 14.2 Å². The van der Waals surface area contributed by atoms with E-state index in [0.29, 0.717) is 13.2 Å². The molecule has 2 unspecified atom stereocenters. The van der Waals surface area contributed by atoms with Crippen LogP contribution in [0, 0.1) is 0 Å². The summed E-state index contributed by atoms with van der Waals surface area (Å²) in [6, 6.07) is 8.38. The molecule has 3 rings (SSSR count). The zero-order valence-electron chi connectivity index (χ0n) is 16.7. The summed E-state index contributed by atoms with van der Waals surface area (Å²) in [6.45, 7) is 10.2. The maximum absolute atomic E-state index is 5.98. The summed E-state index contributed by atoms with van der Waals surface area (Å²) in [4.78, 5) is 7.23. The van der Waals surface area contributed by atoms with Crippen LogP contribution in [0.1, 0.15) is 37.8 Å². The number of benzene rings is 1. The van der Waals surface area contributed by atoms with Crippen LogP contribution in [-0.4, -0.2) is 62.5 Å². The molecule has 1 aromatic rings. The van der Waals surface area contributed by atoms with E-state index in [1.165, 1.54) is 11.1 Å². The quantitative estimate of drug-likeness (QED) is 0.586. The fourth-order valence-electron chi connectivity index (χ4n) is 3.64. The normalized spacial score (nSPS) is 23.6. The predicted molar refractivity (Wildman–Crippen MR) is 107 cm³/mol. The molecular weight excluding hydrogens is 342 g/mol. The Morgan fingerprint density at radius 3 is 2.74 bits per heavy atom. The van der Waals surface area contributed by atoms with Crippen LogP contribution >= 0.6 is 0 Å².